The molecular formula is C19H15FN2O4S. The number of benzene rings is 1. The molecule has 2 heterocycles. The third-order valence-corrected chi connectivity index (χ3v) is 4.32. The van der Waals surface area contributed by atoms with Gasteiger partial charge in [0.1, 0.15) is 17.8 Å². The van der Waals surface area contributed by atoms with Gasteiger partial charge in [-0.15, -0.1) is 0 Å². The van der Waals surface area contributed by atoms with E-state index >= 15 is 0 Å². The van der Waals surface area contributed by atoms with Gasteiger partial charge in [-0.3, -0.25) is 4.79 Å². The van der Waals surface area contributed by atoms with Gasteiger partial charge in [-0.1, -0.05) is 23.9 Å². The maximum Gasteiger partial charge on any atom is 0.346 e. The van der Waals surface area contributed by atoms with Gasteiger partial charge in [-0.25, -0.2) is 19.2 Å². The Morgan fingerprint density at radius 3 is 2.56 bits per heavy atom. The number of thioether (sulfide) groups is 1. The average Bonchev–Trinajstić information content (AvgIpc) is 2.61. The van der Waals surface area contributed by atoms with E-state index in [9.17, 15) is 14.0 Å². The lowest BCUT2D eigenvalue weighted by atomic mass is 10.2. The van der Waals surface area contributed by atoms with Crippen molar-refractivity contribution in [2.45, 2.75) is 24.8 Å². The van der Waals surface area contributed by atoms with Crippen molar-refractivity contribution in [3.05, 3.63) is 81.4 Å². The number of esters is 1. The highest BCUT2D eigenvalue weighted by atomic mass is 32.2. The molecule has 0 bridgehead atoms. The fourth-order valence-corrected chi connectivity index (χ4v) is 3.10. The number of hydrogen-bond acceptors (Lipinski definition) is 7. The van der Waals surface area contributed by atoms with Crippen molar-refractivity contribution in [1.29, 1.82) is 0 Å². The van der Waals surface area contributed by atoms with E-state index in [-0.39, 0.29) is 11.3 Å². The lowest BCUT2D eigenvalue weighted by Gasteiger charge is -2.05. The fraction of sp³-hybridized carbons (Fsp3) is 0.158. The maximum atomic E-state index is 13.6. The van der Waals surface area contributed by atoms with Crippen LogP contribution in [0, 0.1) is 19.7 Å². The van der Waals surface area contributed by atoms with Crippen LogP contribution in [-0.2, 0) is 5.75 Å². The monoisotopic (exact) mass is 386 g/mol. The number of ether oxygens (including phenoxy) is 1. The lowest BCUT2D eigenvalue weighted by molar-refractivity contribution is 0.0724. The molecule has 0 unspecified atom stereocenters. The summed E-state index contributed by atoms with van der Waals surface area (Å²) >= 11 is 1.32. The van der Waals surface area contributed by atoms with Crippen LogP contribution in [0.3, 0.4) is 0 Å². The Labute approximate surface area is 158 Å². The molecule has 138 valence electrons. The Bertz CT molecular complexity index is 1030. The molecule has 2 aromatic heterocycles. The number of rotatable bonds is 5. The molecule has 6 nitrogen and oxygen atoms in total. The zero-order chi connectivity index (χ0) is 19.4. The second-order valence-corrected chi connectivity index (χ2v) is 6.61. The van der Waals surface area contributed by atoms with E-state index in [1.807, 2.05) is 19.9 Å². The molecule has 0 N–H and O–H groups in total. The molecule has 27 heavy (non-hydrogen) atoms. The summed E-state index contributed by atoms with van der Waals surface area (Å²) in [7, 11) is 0. The Morgan fingerprint density at radius 2 is 1.89 bits per heavy atom. The van der Waals surface area contributed by atoms with Crippen molar-refractivity contribution < 1.29 is 18.3 Å². The second kappa shape index (κ2) is 8.13. The molecule has 0 aliphatic rings. The molecule has 0 aliphatic heterocycles. The van der Waals surface area contributed by atoms with E-state index in [1.54, 1.807) is 0 Å². The van der Waals surface area contributed by atoms with Gasteiger partial charge in [0, 0.05) is 17.5 Å². The van der Waals surface area contributed by atoms with Crippen LogP contribution in [0.5, 0.6) is 5.75 Å². The van der Waals surface area contributed by atoms with Crippen LogP contribution in [0.4, 0.5) is 4.39 Å². The first kappa shape index (κ1) is 18.8. The van der Waals surface area contributed by atoms with Crippen molar-refractivity contribution in [1.82, 2.24) is 9.97 Å². The topological polar surface area (TPSA) is 82.3 Å². The third kappa shape index (κ3) is 4.79. The zero-order valence-corrected chi connectivity index (χ0v) is 15.4. The van der Waals surface area contributed by atoms with Crippen LogP contribution >= 0.6 is 11.8 Å². The number of aromatic nitrogens is 2. The number of carbonyl (C=O) groups is 1. The van der Waals surface area contributed by atoms with Crippen LogP contribution in [-0.4, -0.2) is 15.9 Å². The minimum absolute atomic E-state index is 0.261. The van der Waals surface area contributed by atoms with Crippen molar-refractivity contribution in [3.63, 3.8) is 0 Å². The maximum absolute atomic E-state index is 13.6. The largest absolute Gasteiger partial charge is 0.464 e. The molecule has 0 saturated carbocycles. The summed E-state index contributed by atoms with van der Waals surface area (Å²) < 4.78 is 23.9. The van der Waals surface area contributed by atoms with Gasteiger partial charge in [0.15, 0.2) is 5.16 Å². The van der Waals surface area contributed by atoms with Gasteiger partial charge in [0.05, 0.1) is 11.3 Å². The zero-order valence-electron chi connectivity index (χ0n) is 14.6. The van der Waals surface area contributed by atoms with Gasteiger partial charge in [0.2, 0.25) is 11.2 Å². The van der Waals surface area contributed by atoms with Gasteiger partial charge in [-0.05, 0) is 32.0 Å². The molecule has 0 aliphatic carbocycles. The molecule has 0 amide bonds. The second-order valence-electron chi connectivity index (χ2n) is 5.67. The summed E-state index contributed by atoms with van der Waals surface area (Å²) in [5, 5.41) is 0.574. The minimum Gasteiger partial charge on any atom is -0.464 e. The minimum atomic E-state index is -0.967. The highest BCUT2D eigenvalue weighted by Gasteiger charge is 2.16. The molecule has 3 rings (SSSR count). The molecule has 0 fully saturated rings. The van der Waals surface area contributed by atoms with Crippen molar-refractivity contribution in [2.24, 2.45) is 0 Å². The quantitative estimate of drug-likeness (QED) is 0.376. The number of nitrogens with zero attached hydrogens (tertiary/aromatic N) is 2. The summed E-state index contributed by atoms with van der Waals surface area (Å²) in [5.41, 5.74) is 0.898. The van der Waals surface area contributed by atoms with Crippen LogP contribution in [0.25, 0.3) is 0 Å². The van der Waals surface area contributed by atoms with Crippen LogP contribution < -0.4 is 10.2 Å². The molecule has 3 aromatic rings. The summed E-state index contributed by atoms with van der Waals surface area (Å²) in [6.45, 7) is 3.75. The summed E-state index contributed by atoms with van der Waals surface area (Å²) in [5.74, 6) is -1.29. The Balaban J connectivity index is 1.69. The van der Waals surface area contributed by atoms with Crippen LogP contribution in [0.2, 0.25) is 0 Å². The molecular weight excluding hydrogens is 371 g/mol. The first-order valence-corrected chi connectivity index (χ1v) is 8.94. The number of aryl methyl sites for hydroxylation is 2. The number of carbonyl (C=O) groups excluding carboxylic acids is 1. The van der Waals surface area contributed by atoms with E-state index in [1.165, 1.54) is 36.0 Å². The van der Waals surface area contributed by atoms with E-state index in [2.05, 4.69) is 9.97 Å². The lowest BCUT2D eigenvalue weighted by Crippen LogP contribution is -2.15. The molecule has 8 heteroatoms. The first-order chi connectivity index (χ1) is 12.9. The van der Waals surface area contributed by atoms with Crippen LogP contribution in [0.1, 0.15) is 27.5 Å². The standard InChI is InChI=1S/C19H15FN2O4S/c1-11-7-12(2)22-19(21-11)27-10-13-8-16(23)17(9-25-13)26-18(24)14-5-3-4-6-15(14)20/h3-9H,10H2,1-2H3. The molecule has 0 spiro atoms. The highest BCUT2D eigenvalue weighted by Crippen LogP contribution is 2.20. The van der Waals surface area contributed by atoms with E-state index in [4.69, 9.17) is 9.15 Å². The van der Waals surface area contributed by atoms with E-state index in [0.717, 1.165) is 23.7 Å². The first-order valence-electron chi connectivity index (χ1n) is 7.96. The summed E-state index contributed by atoms with van der Waals surface area (Å²) in [6.07, 6.45) is 1.04. The summed E-state index contributed by atoms with van der Waals surface area (Å²) in [6, 6.07) is 8.44. The normalized spacial score (nSPS) is 10.6. The molecule has 0 radical (unpaired) electrons. The van der Waals surface area contributed by atoms with E-state index < -0.39 is 17.2 Å². The van der Waals surface area contributed by atoms with Crippen molar-refractivity contribution >= 4 is 17.7 Å². The number of halogens is 1. The average molecular weight is 386 g/mol. The van der Waals surface area contributed by atoms with Gasteiger partial charge < -0.3 is 9.15 Å². The predicted octanol–water partition coefficient (Wildman–Crippen LogP) is 3.70. The van der Waals surface area contributed by atoms with Gasteiger partial charge in [0.25, 0.3) is 0 Å². The Morgan fingerprint density at radius 1 is 1.19 bits per heavy atom. The van der Waals surface area contributed by atoms with Gasteiger partial charge in [-0.2, -0.15) is 0 Å². The Kier molecular flexibility index (Phi) is 5.66. The third-order valence-electron chi connectivity index (χ3n) is 3.45. The van der Waals surface area contributed by atoms with Gasteiger partial charge >= 0.3 is 5.97 Å². The molecule has 0 saturated heterocycles. The summed E-state index contributed by atoms with van der Waals surface area (Å²) in [4.78, 5) is 32.7. The van der Waals surface area contributed by atoms with Crippen molar-refractivity contribution in [3.8, 4) is 5.75 Å². The number of hydrogen-bond donors (Lipinski definition) is 0. The Hall–Kier alpha value is -3.00. The SMILES string of the molecule is Cc1cc(C)nc(SCc2cc(=O)c(OC(=O)c3ccccc3F)co2)n1. The molecule has 0 atom stereocenters. The highest BCUT2D eigenvalue weighted by molar-refractivity contribution is 7.98. The van der Waals surface area contributed by atoms with Crippen LogP contribution in [0.15, 0.2) is 57.0 Å². The van der Waals surface area contributed by atoms with Crippen molar-refractivity contribution in [2.75, 3.05) is 0 Å². The predicted molar refractivity (Wildman–Crippen MR) is 97.4 cm³/mol. The fourth-order valence-electron chi connectivity index (χ4n) is 2.26. The smallest absolute Gasteiger partial charge is 0.346 e. The molecule has 1 aromatic carbocycles. The van der Waals surface area contributed by atoms with E-state index in [0.29, 0.717) is 16.7 Å².